The lowest BCUT2D eigenvalue weighted by Crippen LogP contribution is -2.31. The highest BCUT2D eigenvalue weighted by atomic mass is 32.1. The van der Waals surface area contributed by atoms with E-state index in [9.17, 15) is 4.79 Å². The molecule has 0 radical (unpaired) electrons. The summed E-state index contributed by atoms with van der Waals surface area (Å²) in [5, 5.41) is 4.04. The number of anilines is 2. The minimum Gasteiger partial charge on any atom is -0.399 e. The second-order valence-corrected chi connectivity index (χ2v) is 5.52. The average Bonchev–Trinajstić information content (AvgIpc) is 2.82. The van der Waals surface area contributed by atoms with Crippen molar-refractivity contribution in [3.05, 3.63) is 18.2 Å². The smallest absolute Gasteiger partial charge is 0.224 e. The molecule has 0 atom stereocenters. The molecular weight excluding hydrogens is 272 g/mol. The Labute approximate surface area is 122 Å². The standard InChI is InChI=1S/C14H20N4OS/c1-3-18(4-2)13(19)7-8-16-14-17-11-6-5-10(15)9-12(11)20-14/h5-6,9H,3-4,7-8,15H2,1-2H3,(H,16,17). The molecular formula is C14H20N4OS. The second kappa shape index (κ2) is 6.56. The molecule has 108 valence electrons. The lowest BCUT2D eigenvalue weighted by molar-refractivity contribution is -0.130. The van der Waals surface area contributed by atoms with Crippen molar-refractivity contribution in [2.45, 2.75) is 20.3 Å². The number of hydrogen-bond donors (Lipinski definition) is 2. The fourth-order valence-electron chi connectivity index (χ4n) is 2.03. The van der Waals surface area contributed by atoms with Gasteiger partial charge in [-0.3, -0.25) is 4.79 Å². The van der Waals surface area contributed by atoms with Crippen molar-refractivity contribution in [3.8, 4) is 0 Å². The maximum Gasteiger partial charge on any atom is 0.224 e. The fourth-order valence-corrected chi connectivity index (χ4v) is 2.97. The van der Waals surface area contributed by atoms with Gasteiger partial charge in [0, 0.05) is 31.7 Å². The van der Waals surface area contributed by atoms with Gasteiger partial charge in [-0.15, -0.1) is 0 Å². The minimum absolute atomic E-state index is 0.174. The SMILES string of the molecule is CCN(CC)C(=O)CCNc1nc2ccc(N)cc2s1. The molecule has 1 aromatic heterocycles. The highest BCUT2D eigenvalue weighted by Crippen LogP contribution is 2.27. The first kappa shape index (κ1) is 14.6. The maximum atomic E-state index is 11.9. The molecule has 1 amide bonds. The Kier molecular flexibility index (Phi) is 4.79. The van der Waals surface area contributed by atoms with Crippen molar-refractivity contribution in [3.63, 3.8) is 0 Å². The van der Waals surface area contributed by atoms with Crippen molar-refractivity contribution in [1.29, 1.82) is 0 Å². The minimum atomic E-state index is 0.174. The summed E-state index contributed by atoms with van der Waals surface area (Å²) < 4.78 is 1.06. The van der Waals surface area contributed by atoms with Crippen molar-refractivity contribution in [2.24, 2.45) is 0 Å². The Hall–Kier alpha value is -1.82. The van der Waals surface area contributed by atoms with E-state index in [1.54, 1.807) is 11.3 Å². The number of rotatable bonds is 6. The summed E-state index contributed by atoms with van der Waals surface area (Å²) >= 11 is 1.56. The molecule has 0 saturated heterocycles. The van der Waals surface area contributed by atoms with Crippen LogP contribution >= 0.6 is 11.3 Å². The van der Waals surface area contributed by atoms with Crippen molar-refractivity contribution < 1.29 is 4.79 Å². The maximum absolute atomic E-state index is 11.9. The van der Waals surface area contributed by atoms with Crippen molar-refractivity contribution in [2.75, 3.05) is 30.7 Å². The van der Waals surface area contributed by atoms with E-state index in [4.69, 9.17) is 5.73 Å². The van der Waals surface area contributed by atoms with E-state index in [0.29, 0.717) is 13.0 Å². The number of carbonyl (C=O) groups excluding carboxylic acids is 1. The van der Waals surface area contributed by atoms with Gasteiger partial charge in [-0.25, -0.2) is 4.98 Å². The van der Waals surface area contributed by atoms with Gasteiger partial charge in [-0.1, -0.05) is 11.3 Å². The average molecular weight is 292 g/mol. The fraction of sp³-hybridized carbons (Fsp3) is 0.429. The molecule has 0 unspecified atom stereocenters. The van der Waals surface area contributed by atoms with Crippen LogP contribution in [0.5, 0.6) is 0 Å². The zero-order valence-electron chi connectivity index (χ0n) is 11.8. The first-order valence-corrected chi connectivity index (χ1v) is 7.63. The summed E-state index contributed by atoms with van der Waals surface area (Å²) in [5.74, 6) is 0.174. The van der Waals surface area contributed by atoms with Crippen molar-refractivity contribution >= 4 is 38.3 Å². The van der Waals surface area contributed by atoms with Gasteiger partial charge in [-0.2, -0.15) is 0 Å². The zero-order chi connectivity index (χ0) is 14.5. The lowest BCUT2D eigenvalue weighted by Gasteiger charge is -2.18. The van der Waals surface area contributed by atoms with Crippen LogP contribution in [0.3, 0.4) is 0 Å². The predicted octanol–water partition coefficient (Wildman–Crippen LogP) is 2.55. The zero-order valence-corrected chi connectivity index (χ0v) is 12.7. The van der Waals surface area contributed by atoms with Crippen LogP contribution < -0.4 is 11.1 Å². The molecule has 1 heterocycles. The number of benzene rings is 1. The third-order valence-electron chi connectivity index (χ3n) is 3.14. The van der Waals surface area contributed by atoms with Gasteiger partial charge in [0.25, 0.3) is 0 Å². The molecule has 0 aliphatic rings. The van der Waals surface area contributed by atoms with Gasteiger partial charge in [0.15, 0.2) is 5.13 Å². The third-order valence-corrected chi connectivity index (χ3v) is 4.12. The Morgan fingerprint density at radius 3 is 2.85 bits per heavy atom. The van der Waals surface area contributed by atoms with Crippen LogP contribution in [0, 0.1) is 0 Å². The highest BCUT2D eigenvalue weighted by molar-refractivity contribution is 7.22. The topological polar surface area (TPSA) is 71.2 Å². The molecule has 0 aliphatic carbocycles. The van der Waals surface area contributed by atoms with Gasteiger partial charge < -0.3 is 16.0 Å². The van der Waals surface area contributed by atoms with Crippen LogP contribution in [0.15, 0.2) is 18.2 Å². The molecule has 2 rings (SSSR count). The first-order valence-electron chi connectivity index (χ1n) is 6.81. The second-order valence-electron chi connectivity index (χ2n) is 4.49. The van der Waals surface area contributed by atoms with E-state index in [-0.39, 0.29) is 5.91 Å². The van der Waals surface area contributed by atoms with E-state index in [1.807, 2.05) is 36.9 Å². The molecule has 0 aliphatic heterocycles. The Morgan fingerprint density at radius 1 is 1.40 bits per heavy atom. The number of nitrogens with one attached hydrogen (secondary N) is 1. The van der Waals surface area contributed by atoms with Crippen LogP contribution in [0.4, 0.5) is 10.8 Å². The number of aromatic nitrogens is 1. The van der Waals surface area contributed by atoms with Crippen LogP contribution in [0.2, 0.25) is 0 Å². The van der Waals surface area contributed by atoms with E-state index in [2.05, 4.69) is 10.3 Å². The van der Waals surface area contributed by atoms with Gasteiger partial charge in [-0.05, 0) is 32.0 Å². The first-order chi connectivity index (χ1) is 9.63. The molecule has 0 fully saturated rings. The highest BCUT2D eigenvalue weighted by Gasteiger charge is 2.09. The summed E-state index contributed by atoms with van der Waals surface area (Å²) in [7, 11) is 0. The molecule has 20 heavy (non-hydrogen) atoms. The molecule has 0 saturated carbocycles. The number of hydrogen-bond acceptors (Lipinski definition) is 5. The molecule has 5 nitrogen and oxygen atoms in total. The van der Waals surface area contributed by atoms with E-state index >= 15 is 0 Å². The Balaban J connectivity index is 1.91. The molecule has 3 N–H and O–H groups in total. The Bertz CT molecular complexity index is 592. The molecule has 0 spiro atoms. The number of thiazole rings is 1. The van der Waals surface area contributed by atoms with Gasteiger partial charge in [0.1, 0.15) is 0 Å². The summed E-state index contributed by atoms with van der Waals surface area (Å²) in [6.07, 6.45) is 0.486. The monoisotopic (exact) mass is 292 g/mol. The molecule has 0 bridgehead atoms. The predicted molar refractivity (Wildman–Crippen MR) is 85.1 cm³/mol. The lowest BCUT2D eigenvalue weighted by atomic mass is 10.3. The third kappa shape index (κ3) is 3.39. The normalized spacial score (nSPS) is 10.7. The van der Waals surface area contributed by atoms with Gasteiger partial charge in [0.05, 0.1) is 10.2 Å². The van der Waals surface area contributed by atoms with Crippen LogP contribution in [0.25, 0.3) is 10.2 Å². The summed E-state index contributed by atoms with van der Waals surface area (Å²) in [6.45, 7) is 6.11. The molecule has 2 aromatic rings. The van der Waals surface area contributed by atoms with Gasteiger partial charge in [0.2, 0.25) is 5.91 Å². The summed E-state index contributed by atoms with van der Waals surface area (Å²) in [5.41, 5.74) is 7.42. The number of nitrogens with zero attached hydrogens (tertiary/aromatic N) is 2. The van der Waals surface area contributed by atoms with Gasteiger partial charge >= 0.3 is 0 Å². The molecule has 1 aromatic carbocycles. The largest absolute Gasteiger partial charge is 0.399 e. The quantitative estimate of drug-likeness (QED) is 0.803. The number of nitrogens with two attached hydrogens (primary N) is 1. The summed E-state index contributed by atoms with van der Waals surface area (Å²) in [4.78, 5) is 18.2. The Morgan fingerprint density at radius 2 is 2.15 bits per heavy atom. The van der Waals surface area contributed by atoms with Crippen LogP contribution in [-0.2, 0) is 4.79 Å². The van der Waals surface area contributed by atoms with E-state index in [0.717, 1.165) is 34.1 Å². The van der Waals surface area contributed by atoms with E-state index < -0.39 is 0 Å². The number of fused-ring (bicyclic) bond motifs is 1. The van der Waals surface area contributed by atoms with Crippen molar-refractivity contribution in [1.82, 2.24) is 9.88 Å². The number of amides is 1. The van der Waals surface area contributed by atoms with Crippen LogP contribution in [-0.4, -0.2) is 35.4 Å². The number of nitrogen functional groups attached to an aromatic ring is 1. The molecule has 6 heteroatoms. The van der Waals surface area contributed by atoms with E-state index in [1.165, 1.54) is 0 Å². The summed E-state index contributed by atoms with van der Waals surface area (Å²) in [6, 6.07) is 5.67. The van der Waals surface area contributed by atoms with Crippen LogP contribution in [0.1, 0.15) is 20.3 Å². The number of carbonyl (C=O) groups is 1.